The van der Waals surface area contributed by atoms with Crippen LogP contribution < -0.4 is 0 Å². The van der Waals surface area contributed by atoms with Gasteiger partial charge in [-0.25, -0.2) is 0 Å². The first-order valence-electron chi connectivity index (χ1n) is 44.9. The highest BCUT2D eigenvalue weighted by atomic mass is 15.0. The highest BCUT2D eigenvalue weighted by molar-refractivity contribution is 6.31. The molecule has 0 fully saturated rings. The minimum absolute atomic E-state index is 1.16. The molecule has 0 aliphatic carbocycles. The maximum absolute atomic E-state index is 3.72. The van der Waals surface area contributed by atoms with Crippen LogP contribution in [0, 0.1) is 0 Å². The van der Waals surface area contributed by atoms with Gasteiger partial charge in [-0.05, 0) is 185 Å². The van der Waals surface area contributed by atoms with Crippen LogP contribution in [0.15, 0.2) is 455 Å². The highest BCUT2D eigenvalue weighted by Crippen LogP contribution is 2.51. The van der Waals surface area contributed by atoms with Crippen molar-refractivity contribution in [2.45, 2.75) is 0 Å². The van der Waals surface area contributed by atoms with Crippen molar-refractivity contribution < 1.29 is 0 Å². The SMILES string of the molecule is c1ccc(-c2ccc(-n3c4ccccc4c4cc(-c5cc6c7ccccc7[nH]c6c6ccccc56)c5ccccc5c43)cc2)cc1.c1ccc(-n2c3ccccc3c3cc(-c4cc5c6ccccc6[nH]c5c5ccccc45)c4ccccc4c32)cc1.c1ccc2c(-n3c4ccccc4c4cc(-c5cc6c7ccccc7[nH]c6c6ccccc56)c5ccccc5c43)cccc2c1. The third-order valence-electron chi connectivity index (χ3n) is 27.7. The van der Waals surface area contributed by atoms with Crippen LogP contribution in [-0.2, 0) is 0 Å². The lowest BCUT2D eigenvalue weighted by atomic mass is 9.90. The molecule has 0 radical (unpaired) electrons. The number of fused-ring (bicyclic) bond motifs is 31. The lowest BCUT2D eigenvalue weighted by molar-refractivity contribution is 1.19. The van der Waals surface area contributed by atoms with Gasteiger partial charge >= 0.3 is 0 Å². The number of H-pyrrole nitrogens is 3. The third kappa shape index (κ3) is 11.1. The molecule has 0 atom stereocenters. The minimum Gasteiger partial charge on any atom is -0.354 e. The molecule has 6 heterocycles. The van der Waals surface area contributed by atoms with Crippen molar-refractivity contribution in [1.82, 2.24) is 28.7 Å². The zero-order valence-electron chi connectivity index (χ0n) is 70.6. The molecule has 23 aromatic carbocycles. The quantitative estimate of drug-likeness (QED) is 0.142. The Morgan fingerprint density at radius 1 is 0.146 bits per heavy atom. The maximum atomic E-state index is 3.72. The molecule has 0 saturated carbocycles. The van der Waals surface area contributed by atoms with Crippen LogP contribution in [0.2, 0.25) is 0 Å². The molecule has 0 aliphatic rings. The zero-order valence-corrected chi connectivity index (χ0v) is 70.6. The van der Waals surface area contributed by atoms with Crippen LogP contribution in [0.4, 0.5) is 0 Å². The lowest BCUT2D eigenvalue weighted by Gasteiger charge is -2.16. The monoisotopic (exact) mass is 1650 g/mol. The fraction of sp³-hybridized carbons (Fsp3) is 0. The largest absolute Gasteiger partial charge is 0.354 e. The number of nitrogens with zero attached hydrogens (tertiary/aromatic N) is 3. The average Bonchev–Trinajstić information content (AvgIpc) is 1.56. The van der Waals surface area contributed by atoms with E-state index in [-0.39, 0.29) is 0 Å². The molecule has 0 bridgehead atoms. The summed E-state index contributed by atoms with van der Waals surface area (Å²) in [6, 6.07) is 166. The minimum atomic E-state index is 1.16. The standard InChI is InChI=1S/C44H28N2.C42H26N2.C38H24N2/c1-2-12-28(13-3-1)29-22-24-30(25-23-29)46-42-21-11-9-17-34(42)40-27-38(32-15-5-7-19-36(32)44(40)46)37-26-39-33-16-8-10-20-41(33)45-43(39)35-18-6-4-14-31(35)37;1-2-14-27-26(12-1)13-11-23-39(27)44-40-22-10-8-18-31(40)37-25-35(29-16-4-6-20-33(29)42(37)44)34-24-36-30-17-7-9-21-38(30)43-41(36)32-19-5-3-15-28(32)34;1-2-12-24(13-3-1)40-36-21-11-9-17-28(36)34-23-32(26-15-5-7-19-30(26)38(34)40)31-22-33-27-16-8-10-20-35(27)39-37(33)29-18-6-4-14-25(29)31/h1-27,45H;1-25,43H;1-23,39H. The lowest BCUT2D eigenvalue weighted by Crippen LogP contribution is -1.96. The van der Waals surface area contributed by atoms with Crippen molar-refractivity contribution in [2.24, 2.45) is 0 Å². The molecule has 0 spiro atoms. The van der Waals surface area contributed by atoms with E-state index in [0.29, 0.717) is 0 Å². The van der Waals surface area contributed by atoms with Crippen molar-refractivity contribution in [3.05, 3.63) is 455 Å². The number of nitrogens with one attached hydrogen (secondary N) is 3. The number of benzene rings is 23. The van der Waals surface area contributed by atoms with E-state index in [1.165, 1.54) is 262 Å². The number of hydrogen-bond acceptors (Lipinski definition) is 0. The number of para-hydroxylation sites is 7. The third-order valence-corrected chi connectivity index (χ3v) is 27.7. The smallest absolute Gasteiger partial charge is 0.0620 e. The van der Waals surface area contributed by atoms with Crippen LogP contribution in [0.5, 0.6) is 0 Å². The fourth-order valence-electron chi connectivity index (χ4n) is 22.1. The van der Waals surface area contributed by atoms with Crippen LogP contribution in [0.1, 0.15) is 0 Å². The molecule has 0 saturated heterocycles. The topological polar surface area (TPSA) is 62.2 Å². The van der Waals surface area contributed by atoms with Crippen LogP contribution in [-0.4, -0.2) is 28.7 Å². The fourth-order valence-corrected chi connectivity index (χ4v) is 22.1. The van der Waals surface area contributed by atoms with Gasteiger partial charge < -0.3 is 28.7 Å². The Morgan fingerprint density at radius 2 is 0.400 bits per heavy atom. The second kappa shape index (κ2) is 29.1. The molecule has 0 amide bonds. The Hall–Kier alpha value is -17.3. The van der Waals surface area contributed by atoms with Crippen molar-refractivity contribution >= 4 is 206 Å². The summed E-state index contributed by atoms with van der Waals surface area (Å²) in [5.41, 5.74) is 28.1. The molecule has 29 rings (SSSR count). The second-order valence-electron chi connectivity index (χ2n) is 34.6. The van der Waals surface area contributed by atoms with E-state index < -0.39 is 0 Å². The summed E-state index contributed by atoms with van der Waals surface area (Å²) in [6.07, 6.45) is 0. The summed E-state index contributed by atoms with van der Waals surface area (Å²) >= 11 is 0. The summed E-state index contributed by atoms with van der Waals surface area (Å²) in [6.45, 7) is 0. The number of hydrogen-bond donors (Lipinski definition) is 3. The van der Waals surface area contributed by atoms with Gasteiger partial charge in [0.2, 0.25) is 0 Å². The van der Waals surface area contributed by atoms with Gasteiger partial charge in [0.1, 0.15) is 0 Å². The van der Waals surface area contributed by atoms with E-state index in [0.717, 1.165) is 5.69 Å². The van der Waals surface area contributed by atoms with Gasteiger partial charge in [-0.3, -0.25) is 0 Å². The Bertz CT molecular complexity index is 9750. The van der Waals surface area contributed by atoms with Crippen LogP contribution in [0.3, 0.4) is 0 Å². The molecule has 604 valence electrons. The van der Waals surface area contributed by atoms with E-state index in [2.05, 4.69) is 484 Å². The molecule has 3 N–H and O–H groups in total. The Morgan fingerprint density at radius 3 is 0.785 bits per heavy atom. The van der Waals surface area contributed by atoms with Gasteiger partial charge in [-0.15, -0.1) is 0 Å². The number of aromatic nitrogens is 6. The molecule has 0 unspecified atom stereocenters. The zero-order chi connectivity index (χ0) is 85.2. The predicted molar refractivity (Wildman–Crippen MR) is 555 cm³/mol. The van der Waals surface area contributed by atoms with Gasteiger partial charge in [0.15, 0.2) is 0 Å². The first-order valence-corrected chi connectivity index (χ1v) is 44.9. The average molecular weight is 1650 g/mol. The normalized spacial score (nSPS) is 12.0. The van der Waals surface area contributed by atoms with Crippen molar-refractivity contribution in [2.75, 3.05) is 0 Å². The molecule has 29 aromatic rings. The molecule has 6 heteroatoms. The number of rotatable bonds is 7. The predicted octanol–water partition coefficient (Wildman–Crippen LogP) is 34.0. The van der Waals surface area contributed by atoms with Crippen molar-refractivity contribution in [3.8, 4) is 61.6 Å². The Labute approximate surface area is 746 Å². The second-order valence-corrected chi connectivity index (χ2v) is 34.6. The number of aromatic amines is 3. The summed E-state index contributed by atoms with van der Waals surface area (Å²) in [5, 5.41) is 32.7. The molecular weight excluding hydrogens is 1570 g/mol. The van der Waals surface area contributed by atoms with Gasteiger partial charge in [0, 0.05) is 130 Å². The van der Waals surface area contributed by atoms with Crippen LogP contribution >= 0.6 is 0 Å². The Kier molecular flexibility index (Phi) is 16.4. The van der Waals surface area contributed by atoms with Crippen molar-refractivity contribution in [1.29, 1.82) is 0 Å². The molecule has 6 aromatic heterocycles. The first-order chi connectivity index (χ1) is 64.5. The van der Waals surface area contributed by atoms with Gasteiger partial charge in [-0.2, -0.15) is 0 Å². The summed E-state index contributed by atoms with van der Waals surface area (Å²) in [5.74, 6) is 0. The highest BCUT2D eigenvalue weighted by Gasteiger charge is 2.27. The molecular formula is C124H78N6. The summed E-state index contributed by atoms with van der Waals surface area (Å²) in [7, 11) is 0. The molecule has 6 nitrogen and oxygen atoms in total. The Balaban J connectivity index is 0.000000101. The van der Waals surface area contributed by atoms with E-state index in [1.807, 2.05) is 0 Å². The summed E-state index contributed by atoms with van der Waals surface area (Å²) < 4.78 is 7.37. The molecule has 0 aliphatic heterocycles. The van der Waals surface area contributed by atoms with Gasteiger partial charge in [0.05, 0.1) is 55.3 Å². The summed E-state index contributed by atoms with van der Waals surface area (Å²) in [4.78, 5) is 11.2. The van der Waals surface area contributed by atoms with Gasteiger partial charge in [-0.1, -0.05) is 352 Å². The first kappa shape index (κ1) is 73.1. The van der Waals surface area contributed by atoms with Crippen molar-refractivity contribution in [3.63, 3.8) is 0 Å². The van der Waals surface area contributed by atoms with E-state index >= 15 is 0 Å². The molecule has 130 heavy (non-hydrogen) atoms. The van der Waals surface area contributed by atoms with E-state index in [4.69, 9.17) is 0 Å². The van der Waals surface area contributed by atoms with Gasteiger partial charge in [0.25, 0.3) is 0 Å². The van der Waals surface area contributed by atoms with Crippen LogP contribution in [0.25, 0.3) is 268 Å². The van der Waals surface area contributed by atoms with E-state index in [9.17, 15) is 0 Å². The van der Waals surface area contributed by atoms with E-state index in [1.54, 1.807) is 0 Å². The maximum Gasteiger partial charge on any atom is 0.0620 e.